The van der Waals surface area contributed by atoms with Gasteiger partial charge in [0.15, 0.2) is 0 Å². The second-order valence-corrected chi connectivity index (χ2v) is 4.85. The third-order valence-corrected chi connectivity index (χ3v) is 3.10. The second kappa shape index (κ2) is 9.23. The number of carbonyl (C=O) groups is 1. The third kappa shape index (κ3) is 5.74. The summed E-state index contributed by atoms with van der Waals surface area (Å²) in [4.78, 5) is 13.7. The molecule has 0 aromatic heterocycles. The number of alkyl halides is 2. The van der Waals surface area contributed by atoms with Gasteiger partial charge in [-0.1, -0.05) is 30.3 Å². The van der Waals surface area contributed by atoms with Gasteiger partial charge in [0.2, 0.25) is 5.91 Å². The molecule has 18 heavy (non-hydrogen) atoms. The SMILES string of the molecule is O=C(CCCc1ccccc1)N(CCCl)CCCl. The molecule has 0 aliphatic rings. The van der Waals surface area contributed by atoms with Gasteiger partial charge < -0.3 is 4.90 Å². The van der Waals surface area contributed by atoms with Crippen LogP contribution in [0.1, 0.15) is 18.4 Å². The molecule has 0 radical (unpaired) electrons. The molecule has 0 aliphatic carbocycles. The first-order valence-electron chi connectivity index (χ1n) is 6.21. The van der Waals surface area contributed by atoms with Gasteiger partial charge in [0.1, 0.15) is 0 Å². The van der Waals surface area contributed by atoms with Gasteiger partial charge in [0.25, 0.3) is 0 Å². The largest absolute Gasteiger partial charge is 0.340 e. The molecule has 0 heterocycles. The molecule has 0 unspecified atom stereocenters. The van der Waals surface area contributed by atoms with Gasteiger partial charge in [-0.15, -0.1) is 23.2 Å². The summed E-state index contributed by atoms with van der Waals surface area (Å²) in [6.07, 6.45) is 2.36. The first-order valence-corrected chi connectivity index (χ1v) is 7.28. The molecule has 0 aliphatic heterocycles. The fourth-order valence-electron chi connectivity index (χ4n) is 1.81. The highest BCUT2D eigenvalue weighted by Crippen LogP contribution is 2.06. The van der Waals surface area contributed by atoms with E-state index >= 15 is 0 Å². The summed E-state index contributed by atoms with van der Waals surface area (Å²) in [5.41, 5.74) is 1.27. The normalized spacial score (nSPS) is 10.3. The number of halogens is 2. The summed E-state index contributed by atoms with van der Waals surface area (Å²) in [5, 5.41) is 0. The number of hydrogen-bond donors (Lipinski definition) is 0. The fraction of sp³-hybridized carbons (Fsp3) is 0.500. The van der Waals surface area contributed by atoms with E-state index in [-0.39, 0.29) is 5.91 Å². The van der Waals surface area contributed by atoms with Crippen molar-refractivity contribution in [1.29, 1.82) is 0 Å². The Balaban J connectivity index is 2.30. The van der Waals surface area contributed by atoms with Gasteiger partial charge >= 0.3 is 0 Å². The number of benzene rings is 1. The lowest BCUT2D eigenvalue weighted by molar-refractivity contribution is -0.130. The maximum Gasteiger partial charge on any atom is 0.222 e. The molecule has 1 aromatic rings. The molecule has 1 aromatic carbocycles. The van der Waals surface area contributed by atoms with Gasteiger partial charge in [-0.3, -0.25) is 4.79 Å². The van der Waals surface area contributed by atoms with Crippen LogP contribution in [-0.2, 0) is 11.2 Å². The molecular weight excluding hydrogens is 269 g/mol. The Labute approximate surface area is 119 Å². The topological polar surface area (TPSA) is 20.3 Å². The van der Waals surface area contributed by atoms with Gasteiger partial charge in [-0.2, -0.15) is 0 Å². The van der Waals surface area contributed by atoms with Crippen molar-refractivity contribution in [2.75, 3.05) is 24.8 Å². The van der Waals surface area contributed by atoms with Crippen LogP contribution >= 0.6 is 23.2 Å². The highest BCUT2D eigenvalue weighted by molar-refractivity contribution is 6.18. The molecule has 1 amide bonds. The van der Waals surface area contributed by atoms with Crippen LogP contribution in [0.2, 0.25) is 0 Å². The van der Waals surface area contributed by atoms with Crippen molar-refractivity contribution in [3.63, 3.8) is 0 Å². The monoisotopic (exact) mass is 287 g/mol. The highest BCUT2D eigenvalue weighted by Gasteiger charge is 2.11. The van der Waals surface area contributed by atoms with Gasteiger partial charge in [0, 0.05) is 31.3 Å². The zero-order valence-electron chi connectivity index (χ0n) is 10.4. The van der Waals surface area contributed by atoms with E-state index in [9.17, 15) is 4.79 Å². The molecule has 1 rings (SSSR count). The van der Waals surface area contributed by atoms with Crippen molar-refractivity contribution in [1.82, 2.24) is 4.90 Å². The Morgan fingerprint density at radius 1 is 1.06 bits per heavy atom. The van der Waals surface area contributed by atoms with E-state index in [1.165, 1.54) is 5.56 Å². The summed E-state index contributed by atoms with van der Waals surface area (Å²) in [6, 6.07) is 10.2. The Kier molecular flexibility index (Phi) is 7.86. The number of nitrogens with zero attached hydrogens (tertiary/aromatic N) is 1. The minimum absolute atomic E-state index is 0.146. The maximum atomic E-state index is 11.9. The minimum Gasteiger partial charge on any atom is -0.340 e. The van der Waals surface area contributed by atoms with Gasteiger partial charge in [0.05, 0.1) is 0 Å². The zero-order valence-corrected chi connectivity index (χ0v) is 12.0. The Morgan fingerprint density at radius 3 is 2.22 bits per heavy atom. The zero-order chi connectivity index (χ0) is 13.2. The van der Waals surface area contributed by atoms with Crippen molar-refractivity contribution in [2.45, 2.75) is 19.3 Å². The van der Waals surface area contributed by atoms with Crippen molar-refractivity contribution in [3.8, 4) is 0 Å². The number of hydrogen-bond acceptors (Lipinski definition) is 1. The molecule has 0 saturated carbocycles. The van der Waals surface area contributed by atoms with Crippen LogP contribution in [0.5, 0.6) is 0 Å². The van der Waals surface area contributed by atoms with Crippen LogP contribution in [0, 0.1) is 0 Å². The van der Waals surface area contributed by atoms with E-state index in [0.29, 0.717) is 31.3 Å². The molecule has 2 nitrogen and oxygen atoms in total. The standard InChI is InChI=1S/C14H19Cl2NO/c15-9-11-17(12-10-16)14(18)8-4-7-13-5-2-1-3-6-13/h1-3,5-6H,4,7-12H2. The van der Waals surface area contributed by atoms with E-state index < -0.39 is 0 Å². The summed E-state index contributed by atoms with van der Waals surface area (Å²) < 4.78 is 0. The molecule has 0 spiro atoms. The summed E-state index contributed by atoms with van der Waals surface area (Å²) in [5.74, 6) is 1.06. The van der Waals surface area contributed by atoms with E-state index in [0.717, 1.165) is 12.8 Å². The molecule has 4 heteroatoms. The van der Waals surface area contributed by atoms with E-state index in [1.54, 1.807) is 4.90 Å². The molecule has 0 atom stereocenters. The van der Waals surface area contributed by atoms with Crippen LogP contribution in [-0.4, -0.2) is 35.7 Å². The molecular formula is C14H19Cl2NO. The second-order valence-electron chi connectivity index (χ2n) is 4.10. The Morgan fingerprint density at radius 2 is 1.67 bits per heavy atom. The quantitative estimate of drug-likeness (QED) is 0.672. The fourth-order valence-corrected chi connectivity index (χ4v) is 2.22. The lowest BCUT2D eigenvalue weighted by atomic mass is 10.1. The minimum atomic E-state index is 0.146. The van der Waals surface area contributed by atoms with Gasteiger partial charge in [-0.05, 0) is 18.4 Å². The van der Waals surface area contributed by atoms with Crippen LogP contribution in [0.15, 0.2) is 30.3 Å². The lowest BCUT2D eigenvalue weighted by Crippen LogP contribution is -2.34. The van der Waals surface area contributed by atoms with Crippen LogP contribution in [0.4, 0.5) is 0 Å². The van der Waals surface area contributed by atoms with E-state index in [2.05, 4.69) is 12.1 Å². The smallest absolute Gasteiger partial charge is 0.222 e. The predicted octanol–water partition coefficient (Wildman–Crippen LogP) is 3.32. The average molecular weight is 288 g/mol. The number of rotatable bonds is 8. The highest BCUT2D eigenvalue weighted by atomic mass is 35.5. The number of aryl methyl sites for hydroxylation is 1. The summed E-state index contributed by atoms with van der Waals surface area (Å²) in [6.45, 7) is 1.16. The molecule has 0 N–H and O–H groups in total. The van der Waals surface area contributed by atoms with E-state index in [1.807, 2.05) is 18.2 Å². The molecule has 0 saturated heterocycles. The Bertz CT molecular complexity index is 337. The third-order valence-electron chi connectivity index (χ3n) is 2.76. The predicted molar refractivity (Wildman–Crippen MR) is 77.4 cm³/mol. The van der Waals surface area contributed by atoms with Crippen LogP contribution in [0.25, 0.3) is 0 Å². The van der Waals surface area contributed by atoms with Crippen molar-refractivity contribution in [2.24, 2.45) is 0 Å². The van der Waals surface area contributed by atoms with Gasteiger partial charge in [-0.25, -0.2) is 0 Å². The first-order chi connectivity index (χ1) is 8.77. The molecule has 0 bridgehead atoms. The number of carbonyl (C=O) groups excluding carboxylic acids is 1. The Hall–Kier alpha value is -0.730. The summed E-state index contributed by atoms with van der Waals surface area (Å²) >= 11 is 11.3. The molecule has 0 fully saturated rings. The summed E-state index contributed by atoms with van der Waals surface area (Å²) in [7, 11) is 0. The van der Waals surface area contributed by atoms with Crippen molar-refractivity contribution in [3.05, 3.63) is 35.9 Å². The number of amides is 1. The van der Waals surface area contributed by atoms with Crippen LogP contribution < -0.4 is 0 Å². The van der Waals surface area contributed by atoms with Crippen LogP contribution in [0.3, 0.4) is 0 Å². The average Bonchev–Trinajstić information content (AvgIpc) is 2.39. The van der Waals surface area contributed by atoms with Crippen molar-refractivity contribution < 1.29 is 4.79 Å². The van der Waals surface area contributed by atoms with E-state index in [4.69, 9.17) is 23.2 Å². The van der Waals surface area contributed by atoms with Crippen molar-refractivity contribution >= 4 is 29.1 Å². The lowest BCUT2D eigenvalue weighted by Gasteiger charge is -2.20. The maximum absolute atomic E-state index is 11.9. The first kappa shape index (κ1) is 15.3. The molecule has 100 valence electrons.